The van der Waals surface area contributed by atoms with Gasteiger partial charge < -0.3 is 4.90 Å². The Kier molecular flexibility index (Phi) is 5.22. The van der Waals surface area contributed by atoms with Crippen LogP contribution >= 0.6 is 0 Å². The number of carbonyl (C=O) groups excluding carboxylic acids is 1. The Morgan fingerprint density at radius 1 is 1.04 bits per heavy atom. The molecule has 0 aliphatic carbocycles. The highest BCUT2D eigenvalue weighted by molar-refractivity contribution is 5.75. The van der Waals surface area contributed by atoms with E-state index in [1.54, 1.807) is 30.1 Å². The Morgan fingerprint density at radius 3 is 2.42 bits per heavy atom. The number of amides is 1. The van der Waals surface area contributed by atoms with Crippen molar-refractivity contribution in [1.82, 2.24) is 14.7 Å². The van der Waals surface area contributed by atoms with Gasteiger partial charge in [0.05, 0.1) is 5.69 Å². The molecule has 3 rings (SSSR count). The standard InChI is InChI=1S/C20H18FN3O2/c1-23(13-15-5-3-2-4-6-15)20(26)14-24-19(25)12-11-18(22-24)16-7-9-17(21)10-8-16/h2-12H,13-14H2,1H3. The Labute approximate surface area is 150 Å². The molecular weight excluding hydrogens is 333 g/mol. The molecule has 0 saturated carbocycles. The molecule has 2 aromatic carbocycles. The molecule has 0 bridgehead atoms. The van der Waals surface area contributed by atoms with E-state index in [9.17, 15) is 14.0 Å². The first-order chi connectivity index (χ1) is 12.5. The fourth-order valence-electron chi connectivity index (χ4n) is 2.53. The van der Waals surface area contributed by atoms with Crippen molar-refractivity contribution in [3.8, 4) is 11.3 Å². The molecule has 0 aliphatic heterocycles. The van der Waals surface area contributed by atoms with Crippen molar-refractivity contribution in [2.75, 3.05) is 7.05 Å². The Bertz CT molecular complexity index is 953. The maximum absolute atomic E-state index is 13.1. The highest BCUT2D eigenvalue weighted by atomic mass is 19.1. The van der Waals surface area contributed by atoms with Gasteiger partial charge in [-0.3, -0.25) is 9.59 Å². The van der Waals surface area contributed by atoms with Gasteiger partial charge in [0.1, 0.15) is 12.4 Å². The Balaban J connectivity index is 1.76. The number of likely N-dealkylation sites (N-methyl/N-ethyl adjacent to an activating group) is 1. The summed E-state index contributed by atoms with van der Waals surface area (Å²) in [4.78, 5) is 26.0. The summed E-state index contributed by atoms with van der Waals surface area (Å²) in [7, 11) is 1.68. The summed E-state index contributed by atoms with van der Waals surface area (Å²) in [6, 6.07) is 18.3. The van der Waals surface area contributed by atoms with E-state index >= 15 is 0 Å². The summed E-state index contributed by atoms with van der Waals surface area (Å²) in [5.74, 6) is -0.570. The topological polar surface area (TPSA) is 55.2 Å². The summed E-state index contributed by atoms with van der Waals surface area (Å²) in [6.45, 7) is 0.295. The number of aromatic nitrogens is 2. The van der Waals surface area contributed by atoms with Crippen LogP contribution in [0.2, 0.25) is 0 Å². The van der Waals surface area contributed by atoms with Crippen molar-refractivity contribution in [3.63, 3.8) is 0 Å². The second-order valence-corrected chi connectivity index (χ2v) is 5.96. The number of rotatable bonds is 5. The van der Waals surface area contributed by atoms with E-state index in [4.69, 9.17) is 0 Å². The molecule has 0 radical (unpaired) electrons. The predicted molar refractivity (Wildman–Crippen MR) is 96.8 cm³/mol. The largest absolute Gasteiger partial charge is 0.340 e. The van der Waals surface area contributed by atoms with Crippen LogP contribution in [0.3, 0.4) is 0 Å². The first-order valence-corrected chi connectivity index (χ1v) is 8.15. The first-order valence-electron chi connectivity index (χ1n) is 8.15. The number of halogens is 1. The third-order valence-corrected chi connectivity index (χ3v) is 3.98. The minimum Gasteiger partial charge on any atom is -0.340 e. The summed E-state index contributed by atoms with van der Waals surface area (Å²) in [6.07, 6.45) is 0. The number of benzene rings is 2. The fourth-order valence-corrected chi connectivity index (χ4v) is 2.53. The first kappa shape index (κ1) is 17.5. The minimum atomic E-state index is -0.364. The molecule has 5 nitrogen and oxygen atoms in total. The normalized spacial score (nSPS) is 10.5. The van der Waals surface area contributed by atoms with Crippen LogP contribution in [-0.4, -0.2) is 27.6 Å². The molecule has 26 heavy (non-hydrogen) atoms. The van der Waals surface area contributed by atoms with Gasteiger partial charge >= 0.3 is 0 Å². The van der Waals surface area contributed by atoms with E-state index in [1.807, 2.05) is 30.3 Å². The van der Waals surface area contributed by atoms with E-state index < -0.39 is 0 Å². The quantitative estimate of drug-likeness (QED) is 0.710. The van der Waals surface area contributed by atoms with Gasteiger partial charge in [0.25, 0.3) is 5.56 Å². The lowest BCUT2D eigenvalue weighted by molar-refractivity contribution is -0.131. The van der Waals surface area contributed by atoms with Gasteiger partial charge in [0, 0.05) is 25.2 Å². The molecule has 1 amide bonds. The molecule has 6 heteroatoms. The SMILES string of the molecule is CN(Cc1ccccc1)C(=O)Cn1nc(-c2ccc(F)cc2)ccc1=O. The highest BCUT2D eigenvalue weighted by Gasteiger charge is 2.12. The maximum atomic E-state index is 13.1. The van der Waals surface area contributed by atoms with Crippen molar-refractivity contribution in [1.29, 1.82) is 0 Å². The molecule has 0 N–H and O–H groups in total. The van der Waals surface area contributed by atoms with E-state index in [-0.39, 0.29) is 23.8 Å². The molecule has 0 atom stereocenters. The summed E-state index contributed by atoms with van der Waals surface area (Å²) in [5.41, 5.74) is 1.81. The van der Waals surface area contributed by atoms with Crippen LogP contribution in [-0.2, 0) is 17.9 Å². The average Bonchev–Trinajstić information content (AvgIpc) is 2.65. The molecule has 0 unspecified atom stereocenters. The van der Waals surface area contributed by atoms with Crippen LogP contribution < -0.4 is 5.56 Å². The maximum Gasteiger partial charge on any atom is 0.267 e. The van der Waals surface area contributed by atoms with Gasteiger partial charge in [-0.05, 0) is 35.9 Å². The summed E-state index contributed by atoms with van der Waals surface area (Å²) in [5, 5.41) is 4.24. The van der Waals surface area contributed by atoms with E-state index in [2.05, 4.69) is 5.10 Å². The third-order valence-electron chi connectivity index (χ3n) is 3.98. The van der Waals surface area contributed by atoms with Crippen LogP contribution in [0.1, 0.15) is 5.56 Å². The lowest BCUT2D eigenvalue weighted by Gasteiger charge is -2.17. The molecule has 3 aromatic rings. The lowest BCUT2D eigenvalue weighted by atomic mass is 10.1. The number of hydrogen-bond acceptors (Lipinski definition) is 3. The Hall–Kier alpha value is -3.28. The van der Waals surface area contributed by atoms with Crippen LogP contribution in [0.5, 0.6) is 0 Å². The van der Waals surface area contributed by atoms with Crippen molar-refractivity contribution in [2.24, 2.45) is 0 Å². The molecular formula is C20H18FN3O2. The summed E-state index contributed by atoms with van der Waals surface area (Å²) < 4.78 is 14.2. The zero-order valence-corrected chi connectivity index (χ0v) is 14.3. The average molecular weight is 351 g/mol. The van der Waals surface area contributed by atoms with Crippen LogP contribution in [0, 0.1) is 5.82 Å². The van der Waals surface area contributed by atoms with E-state index in [1.165, 1.54) is 18.2 Å². The van der Waals surface area contributed by atoms with Gasteiger partial charge in [-0.25, -0.2) is 9.07 Å². The van der Waals surface area contributed by atoms with Crippen molar-refractivity contribution in [2.45, 2.75) is 13.1 Å². The number of hydrogen-bond donors (Lipinski definition) is 0. The van der Waals surface area contributed by atoms with Crippen LogP contribution in [0.25, 0.3) is 11.3 Å². The molecule has 0 spiro atoms. The van der Waals surface area contributed by atoms with Gasteiger partial charge in [-0.2, -0.15) is 5.10 Å². The third kappa shape index (κ3) is 4.22. The predicted octanol–water partition coefficient (Wildman–Crippen LogP) is 2.71. The highest BCUT2D eigenvalue weighted by Crippen LogP contribution is 2.15. The van der Waals surface area contributed by atoms with Crippen LogP contribution in [0.4, 0.5) is 4.39 Å². The van der Waals surface area contributed by atoms with Gasteiger partial charge in [0.2, 0.25) is 5.91 Å². The molecule has 0 saturated heterocycles. The van der Waals surface area contributed by atoms with Gasteiger partial charge in [0.15, 0.2) is 0 Å². The number of nitrogens with zero attached hydrogens (tertiary/aromatic N) is 3. The van der Waals surface area contributed by atoms with Crippen molar-refractivity contribution >= 4 is 5.91 Å². The zero-order valence-electron chi connectivity index (χ0n) is 14.3. The Morgan fingerprint density at radius 2 is 1.73 bits per heavy atom. The molecule has 0 aliphatic rings. The molecule has 1 aromatic heterocycles. The van der Waals surface area contributed by atoms with Crippen LogP contribution in [0.15, 0.2) is 71.5 Å². The number of carbonyl (C=O) groups is 1. The molecule has 1 heterocycles. The second kappa shape index (κ2) is 7.74. The molecule has 0 fully saturated rings. The van der Waals surface area contributed by atoms with E-state index in [0.29, 0.717) is 17.8 Å². The van der Waals surface area contributed by atoms with Gasteiger partial charge in [-0.15, -0.1) is 0 Å². The second-order valence-electron chi connectivity index (χ2n) is 5.96. The van der Waals surface area contributed by atoms with E-state index in [0.717, 1.165) is 10.2 Å². The van der Waals surface area contributed by atoms with Crippen molar-refractivity contribution < 1.29 is 9.18 Å². The molecule has 132 valence electrons. The van der Waals surface area contributed by atoms with Crippen molar-refractivity contribution in [3.05, 3.63) is 88.5 Å². The fraction of sp³-hybridized carbons (Fsp3) is 0.150. The van der Waals surface area contributed by atoms with Gasteiger partial charge in [-0.1, -0.05) is 30.3 Å². The minimum absolute atomic E-state index is 0.156. The zero-order chi connectivity index (χ0) is 18.5. The smallest absolute Gasteiger partial charge is 0.267 e. The lowest BCUT2D eigenvalue weighted by Crippen LogP contribution is -2.34. The monoisotopic (exact) mass is 351 g/mol. The summed E-state index contributed by atoms with van der Waals surface area (Å²) >= 11 is 0.